The molecule has 1 N–H and O–H groups in total. The maximum atomic E-state index is 14.0. The van der Waals surface area contributed by atoms with Gasteiger partial charge in [-0.2, -0.15) is 0 Å². The molecule has 0 heterocycles. The molecule has 0 aromatic heterocycles. The van der Waals surface area contributed by atoms with Crippen molar-refractivity contribution in [3.05, 3.63) is 59.2 Å². The summed E-state index contributed by atoms with van der Waals surface area (Å²) in [5, 5.41) is 3.07. The highest BCUT2D eigenvalue weighted by atomic mass is 19.2. The summed E-state index contributed by atoms with van der Waals surface area (Å²) in [7, 11) is 0. The molecule has 0 saturated carbocycles. The summed E-state index contributed by atoms with van der Waals surface area (Å²) in [5.41, 5.74) is 0.420. The number of benzene rings is 2. The average Bonchev–Trinajstić information content (AvgIpc) is 2.43. The van der Waals surface area contributed by atoms with Gasteiger partial charge in [0.15, 0.2) is 17.5 Å². The molecule has 0 atom stereocenters. The van der Waals surface area contributed by atoms with Gasteiger partial charge in [0, 0.05) is 23.7 Å². The van der Waals surface area contributed by atoms with Crippen molar-refractivity contribution in [2.45, 2.75) is 26.4 Å². The number of hydrogen-bond acceptors (Lipinski definition) is 1. The Morgan fingerprint density at radius 2 is 1.62 bits per heavy atom. The molecule has 0 aliphatic rings. The van der Waals surface area contributed by atoms with E-state index in [0.717, 1.165) is 18.2 Å². The van der Waals surface area contributed by atoms with E-state index in [1.807, 2.05) is 13.8 Å². The molecule has 0 aliphatic carbocycles. The van der Waals surface area contributed by atoms with Crippen LogP contribution in [0.1, 0.15) is 19.4 Å². The minimum absolute atomic E-state index is 0.164. The van der Waals surface area contributed by atoms with Gasteiger partial charge >= 0.3 is 0 Å². The summed E-state index contributed by atoms with van der Waals surface area (Å²) < 4.78 is 53.8. The van der Waals surface area contributed by atoms with E-state index in [1.165, 1.54) is 12.1 Å². The van der Waals surface area contributed by atoms with Gasteiger partial charge in [-0.1, -0.05) is 26.0 Å². The summed E-state index contributed by atoms with van der Waals surface area (Å²) in [6.45, 7) is 4.20. The van der Waals surface area contributed by atoms with Gasteiger partial charge in [-0.3, -0.25) is 0 Å². The highest BCUT2D eigenvalue weighted by Gasteiger charge is 2.15. The topological polar surface area (TPSA) is 12.0 Å². The number of halogens is 4. The number of hydrogen-bond donors (Lipinski definition) is 1. The molecule has 0 fully saturated rings. The smallest absolute Gasteiger partial charge is 0.195 e. The first kappa shape index (κ1) is 15.5. The molecule has 0 bridgehead atoms. The van der Waals surface area contributed by atoms with E-state index in [9.17, 15) is 17.6 Å². The molecule has 0 spiro atoms. The first-order valence-corrected chi connectivity index (χ1v) is 6.56. The largest absolute Gasteiger partial charge is 0.310 e. The van der Waals surface area contributed by atoms with Crippen LogP contribution in [0.25, 0.3) is 11.1 Å². The van der Waals surface area contributed by atoms with Crippen LogP contribution in [-0.4, -0.2) is 6.04 Å². The van der Waals surface area contributed by atoms with Gasteiger partial charge in [-0.25, -0.2) is 17.6 Å². The Morgan fingerprint density at radius 1 is 0.905 bits per heavy atom. The fraction of sp³-hybridized carbons (Fsp3) is 0.250. The molecule has 112 valence electrons. The molecule has 2 rings (SSSR count). The zero-order chi connectivity index (χ0) is 15.6. The third kappa shape index (κ3) is 3.42. The highest BCUT2D eigenvalue weighted by molar-refractivity contribution is 5.64. The maximum Gasteiger partial charge on any atom is 0.195 e. The van der Waals surface area contributed by atoms with Gasteiger partial charge in [0.2, 0.25) is 0 Å². The minimum Gasteiger partial charge on any atom is -0.310 e. The molecule has 5 heteroatoms. The first-order valence-electron chi connectivity index (χ1n) is 6.56. The van der Waals surface area contributed by atoms with Gasteiger partial charge in [0.25, 0.3) is 0 Å². The highest BCUT2D eigenvalue weighted by Crippen LogP contribution is 2.27. The van der Waals surface area contributed by atoms with Gasteiger partial charge in [0.05, 0.1) is 0 Å². The van der Waals surface area contributed by atoms with Crippen LogP contribution in [-0.2, 0) is 6.54 Å². The lowest BCUT2D eigenvalue weighted by atomic mass is 10.0. The molecular weight excluding hydrogens is 282 g/mol. The van der Waals surface area contributed by atoms with Crippen LogP contribution in [0.4, 0.5) is 17.6 Å². The molecule has 0 amide bonds. The van der Waals surface area contributed by atoms with Crippen molar-refractivity contribution >= 4 is 0 Å². The standard InChI is InChI=1S/C16H15F4N/c1-9(2)21-8-11-4-3-10(7-14(11)18)12-5-6-13(17)16(20)15(12)19/h3-7,9,21H,8H2,1-2H3. The molecule has 2 aromatic rings. The zero-order valence-corrected chi connectivity index (χ0v) is 11.7. The van der Waals surface area contributed by atoms with E-state index in [2.05, 4.69) is 5.32 Å². The third-order valence-electron chi connectivity index (χ3n) is 3.10. The molecule has 21 heavy (non-hydrogen) atoms. The number of nitrogens with one attached hydrogen (secondary N) is 1. The van der Waals surface area contributed by atoms with Crippen LogP contribution >= 0.6 is 0 Å². The second-order valence-corrected chi connectivity index (χ2v) is 5.06. The molecule has 1 nitrogen and oxygen atoms in total. The maximum absolute atomic E-state index is 14.0. The van der Waals surface area contributed by atoms with Crippen LogP contribution in [0.2, 0.25) is 0 Å². The van der Waals surface area contributed by atoms with Crippen LogP contribution < -0.4 is 5.32 Å². The Balaban J connectivity index is 2.34. The van der Waals surface area contributed by atoms with Crippen LogP contribution in [0.15, 0.2) is 30.3 Å². The second kappa shape index (κ2) is 6.26. The predicted octanol–water partition coefficient (Wildman–Crippen LogP) is 4.41. The molecular formula is C16H15F4N. The van der Waals surface area contributed by atoms with E-state index in [1.54, 1.807) is 0 Å². The van der Waals surface area contributed by atoms with Crippen molar-refractivity contribution < 1.29 is 17.6 Å². The zero-order valence-electron chi connectivity index (χ0n) is 11.7. The molecule has 0 radical (unpaired) electrons. The van der Waals surface area contributed by atoms with E-state index < -0.39 is 23.3 Å². The monoisotopic (exact) mass is 297 g/mol. The number of rotatable bonds is 4. The Labute approximate surface area is 120 Å². The predicted molar refractivity (Wildman–Crippen MR) is 73.7 cm³/mol. The van der Waals surface area contributed by atoms with Crippen molar-refractivity contribution in [1.82, 2.24) is 5.32 Å². The van der Waals surface area contributed by atoms with Crippen molar-refractivity contribution in [3.8, 4) is 11.1 Å². The fourth-order valence-electron chi connectivity index (χ4n) is 1.92. The van der Waals surface area contributed by atoms with Gasteiger partial charge < -0.3 is 5.32 Å². The lowest BCUT2D eigenvalue weighted by molar-refractivity contribution is 0.449. The summed E-state index contributed by atoms with van der Waals surface area (Å²) in [6.07, 6.45) is 0. The van der Waals surface area contributed by atoms with Crippen molar-refractivity contribution in [3.63, 3.8) is 0 Å². The lowest BCUT2D eigenvalue weighted by Gasteiger charge is -2.11. The van der Waals surface area contributed by atoms with Crippen molar-refractivity contribution in [1.29, 1.82) is 0 Å². The van der Waals surface area contributed by atoms with Gasteiger partial charge in [-0.05, 0) is 23.8 Å². The Kier molecular flexibility index (Phi) is 4.63. The SMILES string of the molecule is CC(C)NCc1ccc(-c2ccc(F)c(F)c2F)cc1F. The van der Waals surface area contributed by atoms with Crippen molar-refractivity contribution in [2.24, 2.45) is 0 Å². The Bertz CT molecular complexity index is 653. The minimum atomic E-state index is -1.56. The van der Waals surface area contributed by atoms with E-state index in [4.69, 9.17) is 0 Å². The Morgan fingerprint density at radius 3 is 2.24 bits per heavy atom. The van der Waals surface area contributed by atoms with Crippen molar-refractivity contribution in [2.75, 3.05) is 0 Å². The van der Waals surface area contributed by atoms with Crippen LogP contribution in [0.5, 0.6) is 0 Å². The summed E-state index contributed by atoms with van der Waals surface area (Å²) in [6, 6.07) is 6.21. The van der Waals surface area contributed by atoms with E-state index in [0.29, 0.717) is 12.1 Å². The van der Waals surface area contributed by atoms with Gasteiger partial charge in [0.1, 0.15) is 5.82 Å². The van der Waals surface area contributed by atoms with Gasteiger partial charge in [-0.15, -0.1) is 0 Å². The van der Waals surface area contributed by atoms with E-state index >= 15 is 0 Å². The van der Waals surface area contributed by atoms with Crippen LogP contribution in [0.3, 0.4) is 0 Å². The molecule has 2 aromatic carbocycles. The summed E-state index contributed by atoms with van der Waals surface area (Å²) >= 11 is 0. The normalized spacial score (nSPS) is 11.2. The van der Waals surface area contributed by atoms with E-state index in [-0.39, 0.29) is 17.2 Å². The molecule has 0 aliphatic heterocycles. The molecule has 0 saturated heterocycles. The quantitative estimate of drug-likeness (QED) is 0.651. The second-order valence-electron chi connectivity index (χ2n) is 5.06. The fourth-order valence-corrected chi connectivity index (χ4v) is 1.92. The molecule has 0 unspecified atom stereocenters. The van der Waals surface area contributed by atoms with Crippen LogP contribution in [0, 0.1) is 23.3 Å². The Hall–Kier alpha value is -1.88. The summed E-state index contributed by atoms with van der Waals surface area (Å²) in [5.74, 6) is -4.67. The third-order valence-corrected chi connectivity index (χ3v) is 3.10. The summed E-state index contributed by atoms with van der Waals surface area (Å²) in [4.78, 5) is 0. The average molecular weight is 297 g/mol. The lowest BCUT2D eigenvalue weighted by Crippen LogP contribution is -2.22. The first-order chi connectivity index (χ1) is 9.90.